The molecule has 0 aliphatic carbocycles. The van der Waals surface area contributed by atoms with Crippen LogP contribution in [0.25, 0.3) is 0 Å². The number of benzene rings is 1. The summed E-state index contributed by atoms with van der Waals surface area (Å²) in [7, 11) is -3.65. The molecule has 22 heavy (non-hydrogen) atoms. The van der Waals surface area contributed by atoms with Crippen molar-refractivity contribution in [1.82, 2.24) is 10.6 Å². The number of amides is 1. The Morgan fingerprint density at radius 1 is 1.32 bits per heavy atom. The van der Waals surface area contributed by atoms with Gasteiger partial charge in [-0.05, 0) is 56.8 Å². The number of primary sulfonamides is 1. The van der Waals surface area contributed by atoms with Crippen LogP contribution in [-0.4, -0.2) is 33.0 Å². The molecule has 1 amide bonds. The van der Waals surface area contributed by atoms with Gasteiger partial charge in [0, 0.05) is 6.54 Å². The number of carbonyl (C=O) groups excluding carboxylic acids is 1. The van der Waals surface area contributed by atoms with Crippen molar-refractivity contribution in [2.45, 2.75) is 43.0 Å². The third-order valence-electron chi connectivity index (χ3n) is 4.07. The fourth-order valence-corrected chi connectivity index (χ4v) is 3.13. The van der Waals surface area contributed by atoms with Gasteiger partial charge in [0.25, 0.3) is 0 Å². The Bertz CT molecular complexity index is 620. The summed E-state index contributed by atoms with van der Waals surface area (Å²) in [5.41, 5.74) is 0.477. The van der Waals surface area contributed by atoms with Gasteiger partial charge < -0.3 is 10.6 Å². The molecule has 2 rings (SSSR count). The molecule has 6 nitrogen and oxygen atoms in total. The van der Waals surface area contributed by atoms with E-state index in [-0.39, 0.29) is 10.8 Å². The molecule has 1 fully saturated rings. The van der Waals surface area contributed by atoms with Gasteiger partial charge in [-0.1, -0.05) is 12.1 Å². The summed E-state index contributed by atoms with van der Waals surface area (Å²) in [6.07, 6.45) is 3.67. The highest BCUT2D eigenvalue weighted by atomic mass is 32.2. The summed E-state index contributed by atoms with van der Waals surface area (Å²) in [4.78, 5) is 12.3. The zero-order valence-electron chi connectivity index (χ0n) is 12.8. The number of piperidine rings is 1. The van der Waals surface area contributed by atoms with Crippen LogP contribution in [-0.2, 0) is 21.2 Å². The Morgan fingerprint density at radius 3 is 2.55 bits per heavy atom. The molecule has 1 heterocycles. The number of nitrogens with two attached hydrogens (primary N) is 1. The standard InChI is InChI=1S/C15H23N3O3S/c1-15(9-2-3-10-18-15)14(19)17-11-8-12-4-6-13(7-5-12)22(16,20)21/h4-7,18H,2-3,8-11H2,1H3,(H,17,19)(H2,16,20,21). The highest BCUT2D eigenvalue weighted by molar-refractivity contribution is 7.89. The van der Waals surface area contributed by atoms with E-state index >= 15 is 0 Å². The molecule has 1 aromatic rings. The third kappa shape index (κ3) is 4.28. The molecule has 4 N–H and O–H groups in total. The Kier molecular flexibility index (Phi) is 5.20. The number of hydrogen-bond donors (Lipinski definition) is 3. The van der Waals surface area contributed by atoms with Crippen molar-refractivity contribution in [3.63, 3.8) is 0 Å². The Balaban J connectivity index is 1.84. The van der Waals surface area contributed by atoms with Crippen LogP contribution in [0.2, 0.25) is 0 Å². The van der Waals surface area contributed by atoms with Crippen LogP contribution in [0.1, 0.15) is 31.7 Å². The van der Waals surface area contributed by atoms with Crippen molar-refractivity contribution >= 4 is 15.9 Å². The van der Waals surface area contributed by atoms with E-state index in [1.54, 1.807) is 12.1 Å². The van der Waals surface area contributed by atoms with Gasteiger partial charge in [0.15, 0.2) is 0 Å². The zero-order chi connectivity index (χ0) is 16.2. The molecular formula is C15H23N3O3S. The number of sulfonamides is 1. The van der Waals surface area contributed by atoms with Crippen molar-refractivity contribution in [3.05, 3.63) is 29.8 Å². The summed E-state index contributed by atoms with van der Waals surface area (Å²) in [5.74, 6) is 0.0216. The lowest BCUT2D eigenvalue weighted by Gasteiger charge is -2.33. The highest BCUT2D eigenvalue weighted by Crippen LogP contribution is 2.18. The van der Waals surface area contributed by atoms with Gasteiger partial charge in [-0.3, -0.25) is 4.79 Å². The Hall–Kier alpha value is -1.44. The molecule has 1 aromatic carbocycles. The molecule has 0 saturated carbocycles. The van der Waals surface area contributed by atoms with Crippen LogP contribution in [0.4, 0.5) is 0 Å². The van der Waals surface area contributed by atoms with Gasteiger partial charge in [-0.2, -0.15) is 0 Å². The zero-order valence-corrected chi connectivity index (χ0v) is 13.6. The van der Waals surface area contributed by atoms with E-state index in [9.17, 15) is 13.2 Å². The second-order valence-electron chi connectivity index (χ2n) is 5.91. The van der Waals surface area contributed by atoms with Crippen LogP contribution in [0.3, 0.4) is 0 Å². The summed E-state index contributed by atoms with van der Waals surface area (Å²) in [6, 6.07) is 6.39. The minimum absolute atomic E-state index is 0.0216. The maximum Gasteiger partial charge on any atom is 0.240 e. The second kappa shape index (κ2) is 6.76. The number of hydrogen-bond acceptors (Lipinski definition) is 4. The first-order chi connectivity index (χ1) is 10.3. The molecule has 0 radical (unpaired) electrons. The fraction of sp³-hybridized carbons (Fsp3) is 0.533. The molecule has 1 unspecified atom stereocenters. The van der Waals surface area contributed by atoms with Gasteiger partial charge in [-0.25, -0.2) is 13.6 Å². The van der Waals surface area contributed by atoms with E-state index in [0.717, 1.165) is 31.4 Å². The normalized spacial score (nSPS) is 22.3. The summed E-state index contributed by atoms with van der Waals surface area (Å²) >= 11 is 0. The molecule has 1 aliphatic heterocycles. The molecule has 1 atom stereocenters. The first-order valence-electron chi connectivity index (χ1n) is 7.46. The van der Waals surface area contributed by atoms with Crippen LogP contribution < -0.4 is 15.8 Å². The van der Waals surface area contributed by atoms with E-state index in [2.05, 4.69) is 10.6 Å². The first-order valence-corrected chi connectivity index (χ1v) is 9.01. The van der Waals surface area contributed by atoms with Crippen LogP contribution >= 0.6 is 0 Å². The summed E-state index contributed by atoms with van der Waals surface area (Å²) in [6.45, 7) is 3.33. The van der Waals surface area contributed by atoms with E-state index in [1.807, 2.05) is 6.92 Å². The molecular weight excluding hydrogens is 302 g/mol. The van der Waals surface area contributed by atoms with E-state index < -0.39 is 15.6 Å². The second-order valence-corrected chi connectivity index (χ2v) is 7.47. The Morgan fingerprint density at radius 2 is 2.00 bits per heavy atom. The van der Waals surface area contributed by atoms with Crippen LogP contribution in [0.5, 0.6) is 0 Å². The lowest BCUT2D eigenvalue weighted by atomic mass is 9.90. The lowest BCUT2D eigenvalue weighted by molar-refractivity contribution is -0.127. The largest absolute Gasteiger partial charge is 0.354 e. The molecule has 1 saturated heterocycles. The van der Waals surface area contributed by atoms with Crippen molar-refractivity contribution in [2.24, 2.45) is 5.14 Å². The smallest absolute Gasteiger partial charge is 0.240 e. The number of carbonyl (C=O) groups is 1. The van der Waals surface area contributed by atoms with E-state index in [1.165, 1.54) is 12.1 Å². The van der Waals surface area contributed by atoms with E-state index in [4.69, 9.17) is 5.14 Å². The third-order valence-corrected chi connectivity index (χ3v) is 5.00. The topological polar surface area (TPSA) is 101 Å². The summed E-state index contributed by atoms with van der Waals surface area (Å²) in [5, 5.41) is 11.3. The lowest BCUT2D eigenvalue weighted by Crippen LogP contribution is -2.57. The summed E-state index contributed by atoms with van der Waals surface area (Å²) < 4.78 is 22.3. The van der Waals surface area contributed by atoms with Crippen molar-refractivity contribution in [3.8, 4) is 0 Å². The van der Waals surface area contributed by atoms with E-state index in [0.29, 0.717) is 13.0 Å². The monoisotopic (exact) mass is 325 g/mol. The fourth-order valence-electron chi connectivity index (χ4n) is 2.61. The maximum absolute atomic E-state index is 12.2. The van der Waals surface area contributed by atoms with Crippen LogP contribution in [0.15, 0.2) is 29.2 Å². The maximum atomic E-state index is 12.2. The molecule has 1 aliphatic rings. The highest BCUT2D eigenvalue weighted by Gasteiger charge is 2.33. The van der Waals surface area contributed by atoms with Gasteiger partial charge in [0.1, 0.15) is 0 Å². The molecule has 0 spiro atoms. The van der Waals surface area contributed by atoms with Crippen molar-refractivity contribution in [1.29, 1.82) is 0 Å². The molecule has 122 valence electrons. The predicted molar refractivity (Wildman–Crippen MR) is 84.8 cm³/mol. The predicted octanol–water partition coefficient (Wildman–Crippen LogP) is 0.525. The Labute approximate surface area is 131 Å². The molecule has 0 bridgehead atoms. The average molecular weight is 325 g/mol. The van der Waals surface area contributed by atoms with Gasteiger partial charge in [-0.15, -0.1) is 0 Å². The molecule has 7 heteroatoms. The minimum atomic E-state index is -3.65. The quantitative estimate of drug-likeness (QED) is 0.735. The minimum Gasteiger partial charge on any atom is -0.354 e. The van der Waals surface area contributed by atoms with Gasteiger partial charge >= 0.3 is 0 Å². The SMILES string of the molecule is CC1(C(=O)NCCc2ccc(S(N)(=O)=O)cc2)CCCCN1. The number of nitrogens with one attached hydrogen (secondary N) is 2. The molecule has 0 aromatic heterocycles. The van der Waals surface area contributed by atoms with Crippen molar-refractivity contribution < 1.29 is 13.2 Å². The van der Waals surface area contributed by atoms with Gasteiger partial charge in [0.05, 0.1) is 10.4 Å². The average Bonchev–Trinajstić information content (AvgIpc) is 2.47. The van der Waals surface area contributed by atoms with Gasteiger partial charge in [0.2, 0.25) is 15.9 Å². The van der Waals surface area contributed by atoms with Crippen LogP contribution in [0, 0.1) is 0 Å². The first kappa shape index (κ1) is 16.9. The van der Waals surface area contributed by atoms with Crippen molar-refractivity contribution in [2.75, 3.05) is 13.1 Å². The number of rotatable bonds is 5.